The highest BCUT2D eigenvalue weighted by atomic mass is 32.2. The number of aromatic nitrogens is 4. The molecule has 164 valence electrons. The molecule has 0 aliphatic rings. The fourth-order valence-electron chi connectivity index (χ4n) is 2.56. The molecule has 0 bridgehead atoms. The van der Waals surface area contributed by atoms with Gasteiger partial charge in [0.05, 0.1) is 12.4 Å². The molecule has 0 aliphatic heterocycles. The van der Waals surface area contributed by atoms with E-state index in [2.05, 4.69) is 25.6 Å². The minimum Gasteiger partial charge on any atom is -0.494 e. The fourth-order valence-corrected chi connectivity index (χ4v) is 3.37. The summed E-state index contributed by atoms with van der Waals surface area (Å²) < 4.78 is 47.4. The van der Waals surface area contributed by atoms with Crippen molar-refractivity contribution in [1.82, 2.24) is 20.2 Å². The lowest BCUT2D eigenvalue weighted by Crippen LogP contribution is -2.23. The Bertz CT molecular complexity index is 1060. The highest BCUT2D eigenvalue weighted by Crippen LogP contribution is 2.29. The number of nitrogens with one attached hydrogen (secondary N) is 1. The molecule has 12 heteroatoms. The van der Waals surface area contributed by atoms with Crippen molar-refractivity contribution >= 4 is 23.4 Å². The Kier molecular flexibility index (Phi) is 6.68. The van der Waals surface area contributed by atoms with Gasteiger partial charge in [-0.2, -0.15) is 4.68 Å². The van der Waals surface area contributed by atoms with Crippen molar-refractivity contribution in [1.29, 1.82) is 0 Å². The Labute approximate surface area is 179 Å². The molecule has 0 spiro atoms. The van der Waals surface area contributed by atoms with Crippen LogP contribution in [-0.2, 0) is 4.79 Å². The maximum absolute atomic E-state index is 12.5. The van der Waals surface area contributed by atoms with Gasteiger partial charge in [-0.15, -0.1) is 18.3 Å². The number of ether oxygens (including phenoxy) is 2. The van der Waals surface area contributed by atoms with Gasteiger partial charge in [0.15, 0.2) is 0 Å². The van der Waals surface area contributed by atoms with Crippen LogP contribution < -0.4 is 14.8 Å². The third kappa shape index (κ3) is 5.87. The van der Waals surface area contributed by atoms with E-state index in [9.17, 15) is 18.0 Å². The van der Waals surface area contributed by atoms with Crippen molar-refractivity contribution in [3.8, 4) is 17.2 Å². The lowest BCUT2D eigenvalue weighted by atomic mass is 10.2. The molecule has 0 radical (unpaired) electrons. The normalized spacial score (nSPS) is 12.3. The standard InChI is InChI=1S/C19H18F3N5O3S/c1-11-4-9-16(29-3)15(10-11)27-18(24-25-26-27)31-12(2)17(28)23-13-5-7-14(8-6-13)30-19(20,21)22/h4-10,12H,1-3H3,(H,23,28). The van der Waals surface area contributed by atoms with E-state index in [1.165, 1.54) is 23.9 Å². The summed E-state index contributed by atoms with van der Waals surface area (Å²) >= 11 is 1.12. The number of halogens is 3. The monoisotopic (exact) mass is 453 g/mol. The third-order valence-corrected chi connectivity index (χ3v) is 5.04. The first-order valence-electron chi connectivity index (χ1n) is 8.93. The van der Waals surface area contributed by atoms with Gasteiger partial charge < -0.3 is 14.8 Å². The predicted octanol–water partition coefficient (Wildman–Crippen LogP) is 4.00. The first-order valence-corrected chi connectivity index (χ1v) is 9.81. The minimum atomic E-state index is -4.78. The van der Waals surface area contributed by atoms with Crippen molar-refractivity contribution in [2.45, 2.75) is 30.6 Å². The molecule has 31 heavy (non-hydrogen) atoms. The average Bonchev–Trinajstić information content (AvgIpc) is 3.16. The molecule has 1 heterocycles. The van der Waals surface area contributed by atoms with Crippen LogP contribution in [0.2, 0.25) is 0 Å². The summed E-state index contributed by atoms with van der Waals surface area (Å²) in [5.41, 5.74) is 1.93. The van der Waals surface area contributed by atoms with Crippen molar-refractivity contribution < 1.29 is 27.4 Å². The number of benzene rings is 2. The highest BCUT2D eigenvalue weighted by molar-refractivity contribution is 8.00. The van der Waals surface area contributed by atoms with Gasteiger partial charge in [0.1, 0.15) is 17.2 Å². The summed E-state index contributed by atoms with van der Waals surface area (Å²) in [6.45, 7) is 3.58. The fraction of sp³-hybridized carbons (Fsp3) is 0.263. The quantitative estimate of drug-likeness (QED) is 0.541. The van der Waals surface area contributed by atoms with Crippen LogP contribution in [0, 0.1) is 6.92 Å². The molecule has 1 N–H and O–H groups in total. The molecule has 0 saturated carbocycles. The second-order valence-corrected chi connectivity index (χ2v) is 7.68. The molecule has 2 aromatic carbocycles. The number of hydrogen-bond acceptors (Lipinski definition) is 7. The molecule has 3 aromatic rings. The number of carbonyl (C=O) groups is 1. The summed E-state index contributed by atoms with van der Waals surface area (Å²) in [6.07, 6.45) is -4.78. The van der Waals surface area contributed by atoms with E-state index in [1.54, 1.807) is 13.0 Å². The maximum Gasteiger partial charge on any atom is 0.573 e. The van der Waals surface area contributed by atoms with E-state index in [0.29, 0.717) is 22.3 Å². The number of aryl methyl sites for hydroxylation is 1. The van der Waals surface area contributed by atoms with Crippen LogP contribution in [0.25, 0.3) is 5.69 Å². The summed E-state index contributed by atoms with van der Waals surface area (Å²) in [5.74, 6) is -0.183. The van der Waals surface area contributed by atoms with Gasteiger partial charge in [-0.3, -0.25) is 4.79 Å². The number of methoxy groups -OCH3 is 1. The number of rotatable bonds is 7. The smallest absolute Gasteiger partial charge is 0.494 e. The van der Waals surface area contributed by atoms with E-state index in [4.69, 9.17) is 4.74 Å². The number of tetrazole rings is 1. The Morgan fingerprint density at radius 3 is 2.55 bits per heavy atom. The minimum absolute atomic E-state index is 0.326. The maximum atomic E-state index is 12.5. The van der Waals surface area contributed by atoms with Gasteiger partial charge >= 0.3 is 6.36 Å². The van der Waals surface area contributed by atoms with Gasteiger partial charge in [-0.05, 0) is 66.2 Å². The topological polar surface area (TPSA) is 91.2 Å². The van der Waals surface area contributed by atoms with E-state index in [0.717, 1.165) is 29.5 Å². The Balaban J connectivity index is 1.69. The predicted molar refractivity (Wildman–Crippen MR) is 108 cm³/mol. The Morgan fingerprint density at radius 1 is 1.19 bits per heavy atom. The highest BCUT2D eigenvalue weighted by Gasteiger charge is 2.31. The molecular formula is C19H18F3N5O3S. The van der Waals surface area contributed by atoms with Crippen molar-refractivity contribution in [2.24, 2.45) is 0 Å². The van der Waals surface area contributed by atoms with Gasteiger partial charge in [-0.1, -0.05) is 17.8 Å². The second-order valence-electron chi connectivity index (χ2n) is 6.37. The van der Waals surface area contributed by atoms with Gasteiger partial charge in [0.2, 0.25) is 11.1 Å². The van der Waals surface area contributed by atoms with Crippen molar-refractivity contribution in [2.75, 3.05) is 12.4 Å². The first-order chi connectivity index (χ1) is 14.7. The molecule has 1 atom stereocenters. The molecule has 3 rings (SSSR count). The summed E-state index contributed by atoms with van der Waals surface area (Å²) in [6, 6.07) is 10.4. The van der Waals surface area contributed by atoms with E-state index in [1.807, 2.05) is 19.1 Å². The van der Waals surface area contributed by atoms with Crippen LogP contribution in [0.3, 0.4) is 0 Å². The number of alkyl halides is 3. The second kappa shape index (κ2) is 9.25. The molecule has 1 amide bonds. The van der Waals surface area contributed by atoms with Gasteiger partial charge in [0.25, 0.3) is 0 Å². The van der Waals surface area contributed by atoms with Crippen LogP contribution >= 0.6 is 11.8 Å². The van der Waals surface area contributed by atoms with Crippen LogP contribution in [0.15, 0.2) is 47.6 Å². The van der Waals surface area contributed by atoms with Crippen LogP contribution in [0.1, 0.15) is 12.5 Å². The molecule has 1 unspecified atom stereocenters. The number of carbonyl (C=O) groups excluding carboxylic acids is 1. The first kappa shape index (κ1) is 22.4. The van der Waals surface area contributed by atoms with Crippen molar-refractivity contribution in [3.05, 3.63) is 48.0 Å². The number of anilines is 1. The average molecular weight is 453 g/mol. The van der Waals surface area contributed by atoms with Crippen LogP contribution in [-0.4, -0.2) is 44.8 Å². The SMILES string of the molecule is COc1ccc(C)cc1-n1nnnc1SC(C)C(=O)Nc1ccc(OC(F)(F)F)cc1. The van der Waals surface area contributed by atoms with Crippen LogP contribution in [0.4, 0.5) is 18.9 Å². The van der Waals surface area contributed by atoms with E-state index in [-0.39, 0.29) is 11.7 Å². The number of hydrogen-bond donors (Lipinski definition) is 1. The molecule has 1 aromatic heterocycles. The third-order valence-electron chi connectivity index (χ3n) is 4.01. The lowest BCUT2D eigenvalue weighted by molar-refractivity contribution is -0.274. The summed E-state index contributed by atoms with van der Waals surface area (Å²) in [4.78, 5) is 12.5. The molecule has 8 nitrogen and oxygen atoms in total. The van der Waals surface area contributed by atoms with E-state index < -0.39 is 11.6 Å². The van der Waals surface area contributed by atoms with Crippen LogP contribution in [0.5, 0.6) is 11.5 Å². The van der Waals surface area contributed by atoms with Gasteiger partial charge in [0, 0.05) is 5.69 Å². The zero-order valence-corrected chi connectivity index (χ0v) is 17.5. The largest absolute Gasteiger partial charge is 0.573 e. The number of thioether (sulfide) groups is 1. The molecule has 0 aliphatic carbocycles. The number of amides is 1. The zero-order chi connectivity index (χ0) is 22.6. The summed E-state index contributed by atoms with van der Waals surface area (Å²) in [7, 11) is 1.53. The van der Waals surface area contributed by atoms with E-state index >= 15 is 0 Å². The molecule has 0 saturated heterocycles. The molecule has 0 fully saturated rings. The Hall–Kier alpha value is -3.28. The molecular weight excluding hydrogens is 435 g/mol. The zero-order valence-electron chi connectivity index (χ0n) is 16.7. The van der Waals surface area contributed by atoms with Crippen molar-refractivity contribution in [3.63, 3.8) is 0 Å². The summed E-state index contributed by atoms with van der Waals surface area (Å²) in [5, 5.41) is 14.1. The Morgan fingerprint density at radius 2 is 1.90 bits per heavy atom. The van der Waals surface area contributed by atoms with Gasteiger partial charge in [-0.25, -0.2) is 0 Å². The number of nitrogens with zero attached hydrogens (tertiary/aromatic N) is 4. The lowest BCUT2D eigenvalue weighted by Gasteiger charge is -2.14.